The Balaban J connectivity index is 1.65. The van der Waals surface area contributed by atoms with Gasteiger partial charge in [-0.15, -0.1) is 0 Å². The number of amides is 1. The summed E-state index contributed by atoms with van der Waals surface area (Å²) in [6, 6.07) is 17.4. The van der Waals surface area contributed by atoms with E-state index in [1.807, 2.05) is 54.6 Å². The Bertz CT molecular complexity index is 674. The molecule has 0 unspecified atom stereocenters. The van der Waals surface area contributed by atoms with Crippen molar-refractivity contribution in [3.8, 4) is 11.8 Å². The summed E-state index contributed by atoms with van der Waals surface area (Å²) in [5, 5.41) is 2.68. The molecule has 2 aromatic rings. The van der Waals surface area contributed by atoms with Crippen LogP contribution < -0.4 is 5.32 Å². The maximum atomic E-state index is 11.5. The smallest absolute Gasteiger partial charge is 0.407 e. The molecule has 0 bridgehead atoms. The first-order valence-electron chi connectivity index (χ1n) is 6.93. The summed E-state index contributed by atoms with van der Waals surface area (Å²) in [4.78, 5) is 11.5. The van der Waals surface area contributed by atoms with Gasteiger partial charge in [0.2, 0.25) is 0 Å². The molecule has 0 fully saturated rings. The summed E-state index contributed by atoms with van der Waals surface area (Å²) in [7, 11) is 0. The van der Waals surface area contributed by atoms with Crippen molar-refractivity contribution in [2.24, 2.45) is 0 Å². The third kappa shape index (κ3) is 6.02. The Hall–Kier alpha value is -2.25. The number of ether oxygens (including phenoxy) is 1. The Labute approximate surface area is 138 Å². The molecule has 22 heavy (non-hydrogen) atoms. The summed E-state index contributed by atoms with van der Waals surface area (Å²) in [6.45, 7) is 0.741. The topological polar surface area (TPSA) is 38.3 Å². The van der Waals surface area contributed by atoms with Crippen molar-refractivity contribution in [1.29, 1.82) is 0 Å². The minimum atomic E-state index is -0.423. The zero-order valence-corrected chi connectivity index (χ0v) is 13.6. The molecular formula is C18H16BrNO2. The van der Waals surface area contributed by atoms with Gasteiger partial charge >= 0.3 is 6.09 Å². The number of halogens is 1. The predicted molar refractivity (Wildman–Crippen MR) is 90.3 cm³/mol. The summed E-state index contributed by atoms with van der Waals surface area (Å²) in [6.07, 6.45) is 0.153. The molecule has 0 spiro atoms. The molecule has 0 aromatic heterocycles. The average molecular weight is 358 g/mol. The van der Waals surface area contributed by atoms with Gasteiger partial charge in [-0.1, -0.05) is 64.2 Å². The molecule has 4 heteroatoms. The number of alkyl carbamates (subject to hydrolysis) is 1. The monoisotopic (exact) mass is 357 g/mol. The van der Waals surface area contributed by atoms with Crippen molar-refractivity contribution in [3.05, 3.63) is 70.2 Å². The van der Waals surface area contributed by atoms with Crippen LogP contribution in [-0.4, -0.2) is 12.6 Å². The molecule has 0 radical (unpaired) electrons. The number of nitrogens with one attached hydrogen (secondary N) is 1. The van der Waals surface area contributed by atoms with Crippen LogP contribution in [0.25, 0.3) is 0 Å². The molecule has 2 aromatic carbocycles. The number of carbonyl (C=O) groups is 1. The Morgan fingerprint density at radius 3 is 2.73 bits per heavy atom. The first-order chi connectivity index (χ1) is 10.7. The van der Waals surface area contributed by atoms with Gasteiger partial charge < -0.3 is 10.1 Å². The highest BCUT2D eigenvalue weighted by Gasteiger charge is 2.00. The highest BCUT2D eigenvalue weighted by molar-refractivity contribution is 9.10. The second-order valence-electron chi connectivity index (χ2n) is 4.55. The fourth-order valence-corrected chi connectivity index (χ4v) is 2.13. The van der Waals surface area contributed by atoms with Crippen LogP contribution in [0.5, 0.6) is 0 Å². The van der Waals surface area contributed by atoms with Crippen molar-refractivity contribution in [2.75, 3.05) is 6.54 Å². The number of hydrogen-bond donors (Lipinski definition) is 1. The van der Waals surface area contributed by atoms with Gasteiger partial charge in [0.1, 0.15) is 6.61 Å². The third-order valence-corrected chi connectivity index (χ3v) is 3.28. The van der Waals surface area contributed by atoms with Gasteiger partial charge in [-0.2, -0.15) is 0 Å². The van der Waals surface area contributed by atoms with Crippen molar-refractivity contribution in [2.45, 2.75) is 13.0 Å². The van der Waals surface area contributed by atoms with Gasteiger partial charge in [-0.3, -0.25) is 0 Å². The van der Waals surface area contributed by atoms with E-state index in [-0.39, 0.29) is 6.61 Å². The summed E-state index contributed by atoms with van der Waals surface area (Å²) < 4.78 is 6.11. The normalized spacial score (nSPS) is 9.50. The maximum Gasteiger partial charge on any atom is 0.407 e. The highest BCUT2D eigenvalue weighted by atomic mass is 79.9. The zero-order valence-electron chi connectivity index (χ0n) is 12.0. The van der Waals surface area contributed by atoms with E-state index in [4.69, 9.17) is 4.74 Å². The minimum Gasteiger partial charge on any atom is -0.445 e. The van der Waals surface area contributed by atoms with E-state index < -0.39 is 6.09 Å². The maximum absolute atomic E-state index is 11.5. The van der Waals surface area contributed by atoms with E-state index in [1.54, 1.807) is 0 Å². The lowest BCUT2D eigenvalue weighted by Gasteiger charge is -2.05. The number of benzene rings is 2. The van der Waals surface area contributed by atoms with Gasteiger partial charge in [0.25, 0.3) is 0 Å². The van der Waals surface area contributed by atoms with Crippen molar-refractivity contribution in [1.82, 2.24) is 5.32 Å². The highest BCUT2D eigenvalue weighted by Crippen LogP contribution is 2.10. The molecule has 1 N–H and O–H groups in total. The van der Waals surface area contributed by atoms with E-state index in [9.17, 15) is 4.79 Å². The average Bonchev–Trinajstić information content (AvgIpc) is 2.54. The molecule has 0 atom stereocenters. The fraction of sp³-hybridized carbons (Fsp3) is 0.167. The third-order valence-electron chi connectivity index (χ3n) is 2.79. The van der Waals surface area contributed by atoms with Crippen LogP contribution in [0.15, 0.2) is 59.1 Å². The van der Waals surface area contributed by atoms with Crippen LogP contribution in [0.4, 0.5) is 4.79 Å². The summed E-state index contributed by atoms with van der Waals surface area (Å²) in [5.41, 5.74) is 1.91. The van der Waals surface area contributed by atoms with Crippen molar-refractivity contribution >= 4 is 22.0 Å². The Kier molecular flexibility index (Phi) is 6.53. The molecule has 2 rings (SSSR count). The number of carbonyl (C=O) groups excluding carboxylic acids is 1. The number of hydrogen-bond acceptors (Lipinski definition) is 2. The molecule has 1 amide bonds. The first-order valence-corrected chi connectivity index (χ1v) is 7.72. The lowest BCUT2D eigenvalue weighted by molar-refractivity contribution is 0.140. The predicted octanol–water partition coefficient (Wildman–Crippen LogP) is 4.12. The molecule has 0 aliphatic rings. The largest absolute Gasteiger partial charge is 0.445 e. The van der Waals surface area contributed by atoms with Crippen LogP contribution in [0.3, 0.4) is 0 Å². The number of rotatable bonds is 4. The van der Waals surface area contributed by atoms with Gasteiger partial charge in [-0.05, 0) is 23.8 Å². The van der Waals surface area contributed by atoms with E-state index in [0.717, 1.165) is 15.6 Å². The van der Waals surface area contributed by atoms with Crippen molar-refractivity contribution < 1.29 is 9.53 Å². The van der Waals surface area contributed by atoms with Gasteiger partial charge in [0.15, 0.2) is 0 Å². The van der Waals surface area contributed by atoms with E-state index in [0.29, 0.717) is 13.0 Å². The first kappa shape index (κ1) is 16.1. The molecule has 0 heterocycles. The summed E-state index contributed by atoms with van der Waals surface area (Å²) in [5.74, 6) is 6.06. The fourth-order valence-electron chi connectivity index (χ4n) is 1.73. The van der Waals surface area contributed by atoms with Gasteiger partial charge in [0.05, 0.1) is 0 Å². The van der Waals surface area contributed by atoms with Crippen LogP contribution in [0.2, 0.25) is 0 Å². The molecule has 0 aliphatic carbocycles. The van der Waals surface area contributed by atoms with Crippen LogP contribution in [0, 0.1) is 11.8 Å². The molecule has 3 nitrogen and oxygen atoms in total. The van der Waals surface area contributed by atoms with Crippen LogP contribution in [-0.2, 0) is 11.3 Å². The SMILES string of the molecule is O=C(NCCC#Cc1cccc(Br)c1)OCc1ccccc1. The van der Waals surface area contributed by atoms with Gasteiger partial charge in [-0.25, -0.2) is 4.79 Å². The molecule has 112 valence electrons. The molecular weight excluding hydrogens is 342 g/mol. The lowest BCUT2D eigenvalue weighted by atomic mass is 10.2. The standard InChI is InChI=1S/C18H16BrNO2/c19-17-11-6-10-15(13-17)7-4-5-12-20-18(21)22-14-16-8-2-1-3-9-16/h1-3,6,8-11,13H,5,12,14H2,(H,20,21). The molecule has 0 aliphatic heterocycles. The van der Waals surface area contributed by atoms with E-state index in [2.05, 4.69) is 33.1 Å². The Morgan fingerprint density at radius 1 is 1.14 bits per heavy atom. The zero-order chi connectivity index (χ0) is 15.6. The quantitative estimate of drug-likeness (QED) is 0.660. The van der Waals surface area contributed by atoms with E-state index in [1.165, 1.54) is 0 Å². The second-order valence-corrected chi connectivity index (χ2v) is 5.47. The van der Waals surface area contributed by atoms with Gasteiger partial charge in [0, 0.05) is 23.0 Å². The van der Waals surface area contributed by atoms with Crippen LogP contribution >= 0.6 is 15.9 Å². The van der Waals surface area contributed by atoms with Crippen molar-refractivity contribution in [3.63, 3.8) is 0 Å². The lowest BCUT2D eigenvalue weighted by Crippen LogP contribution is -2.24. The Morgan fingerprint density at radius 2 is 1.95 bits per heavy atom. The summed E-state index contributed by atoms with van der Waals surface area (Å²) >= 11 is 3.40. The van der Waals surface area contributed by atoms with E-state index >= 15 is 0 Å². The molecule has 0 saturated heterocycles. The second kappa shape index (κ2) is 8.91. The minimum absolute atomic E-state index is 0.274. The molecule has 0 saturated carbocycles. The van der Waals surface area contributed by atoms with Crippen LogP contribution in [0.1, 0.15) is 17.5 Å².